The number of aryl methyl sites for hydroxylation is 1. The Morgan fingerprint density at radius 2 is 2.11 bits per heavy atom. The topological polar surface area (TPSA) is 25.2 Å². The van der Waals surface area contributed by atoms with Crippen molar-refractivity contribution in [2.45, 2.75) is 26.8 Å². The maximum Gasteiger partial charge on any atom is 0.137 e. The van der Waals surface area contributed by atoms with Gasteiger partial charge in [-0.3, -0.25) is 0 Å². The van der Waals surface area contributed by atoms with E-state index in [-0.39, 0.29) is 11.9 Å². The summed E-state index contributed by atoms with van der Waals surface area (Å²) in [4.78, 5) is 0. The van der Waals surface area contributed by atoms with E-state index in [2.05, 4.69) is 35.1 Å². The van der Waals surface area contributed by atoms with Crippen molar-refractivity contribution in [2.75, 3.05) is 6.54 Å². The van der Waals surface area contributed by atoms with Crippen LogP contribution >= 0.6 is 15.9 Å². The van der Waals surface area contributed by atoms with E-state index < -0.39 is 0 Å². The van der Waals surface area contributed by atoms with E-state index in [1.807, 2.05) is 19.1 Å². The van der Waals surface area contributed by atoms with Crippen LogP contribution < -0.4 is 5.32 Å². The fourth-order valence-electron chi connectivity index (χ4n) is 2.05. The first-order chi connectivity index (χ1) is 9.02. The Balaban J connectivity index is 2.35. The third kappa shape index (κ3) is 3.07. The molecule has 0 aliphatic carbocycles. The van der Waals surface area contributed by atoms with Gasteiger partial charge in [0.15, 0.2) is 0 Å². The van der Waals surface area contributed by atoms with E-state index in [4.69, 9.17) is 4.42 Å². The van der Waals surface area contributed by atoms with Crippen molar-refractivity contribution in [3.05, 3.63) is 45.9 Å². The molecule has 1 heterocycles. The molecule has 2 aromatic rings. The quantitative estimate of drug-likeness (QED) is 0.871. The maximum absolute atomic E-state index is 13.4. The third-order valence-electron chi connectivity index (χ3n) is 3.10. The predicted molar refractivity (Wildman–Crippen MR) is 78.6 cm³/mol. The average Bonchev–Trinajstić information content (AvgIpc) is 2.83. The molecule has 1 aromatic heterocycles. The van der Waals surface area contributed by atoms with Crippen LogP contribution in [0.3, 0.4) is 0 Å². The van der Waals surface area contributed by atoms with Gasteiger partial charge < -0.3 is 9.73 Å². The Morgan fingerprint density at radius 3 is 2.79 bits per heavy atom. The molecule has 0 spiro atoms. The van der Waals surface area contributed by atoms with Crippen molar-refractivity contribution >= 4 is 15.9 Å². The summed E-state index contributed by atoms with van der Waals surface area (Å²) in [6, 6.07) is 7.32. The molecule has 1 unspecified atom stereocenters. The van der Waals surface area contributed by atoms with Gasteiger partial charge in [-0.25, -0.2) is 4.39 Å². The molecule has 0 aliphatic rings. The Hall–Kier alpha value is -1.13. The Morgan fingerprint density at radius 1 is 1.37 bits per heavy atom. The molecule has 0 saturated carbocycles. The van der Waals surface area contributed by atoms with Gasteiger partial charge in [-0.05, 0) is 66.2 Å². The van der Waals surface area contributed by atoms with Crippen LogP contribution in [0.4, 0.5) is 4.39 Å². The fourth-order valence-corrected chi connectivity index (χ4v) is 2.39. The molecule has 0 saturated heterocycles. The molecular weight excluding hydrogens is 309 g/mol. The van der Waals surface area contributed by atoms with E-state index >= 15 is 0 Å². The van der Waals surface area contributed by atoms with Crippen molar-refractivity contribution in [2.24, 2.45) is 0 Å². The largest absolute Gasteiger partial charge is 0.459 e. The smallest absolute Gasteiger partial charge is 0.137 e. The van der Waals surface area contributed by atoms with Gasteiger partial charge in [-0.15, -0.1) is 0 Å². The molecule has 0 fully saturated rings. The lowest BCUT2D eigenvalue weighted by Gasteiger charge is -2.09. The highest BCUT2D eigenvalue weighted by molar-refractivity contribution is 9.10. The highest BCUT2D eigenvalue weighted by Crippen LogP contribution is 2.31. The number of rotatable bonds is 4. The van der Waals surface area contributed by atoms with Gasteiger partial charge in [-0.1, -0.05) is 6.92 Å². The van der Waals surface area contributed by atoms with Gasteiger partial charge in [0.25, 0.3) is 0 Å². The SMILES string of the molecule is CCNC(C)c1ccc(-c2cc(Br)c(F)cc2C)o1. The zero-order valence-electron chi connectivity index (χ0n) is 11.3. The number of benzene rings is 1. The van der Waals surface area contributed by atoms with Gasteiger partial charge in [0.2, 0.25) is 0 Å². The summed E-state index contributed by atoms with van der Waals surface area (Å²) in [5, 5.41) is 3.30. The molecule has 1 N–H and O–H groups in total. The summed E-state index contributed by atoms with van der Waals surface area (Å²) < 4.78 is 19.7. The van der Waals surface area contributed by atoms with E-state index in [0.717, 1.165) is 29.2 Å². The van der Waals surface area contributed by atoms with Crippen molar-refractivity contribution in [3.63, 3.8) is 0 Å². The second kappa shape index (κ2) is 5.88. The number of hydrogen-bond donors (Lipinski definition) is 1. The average molecular weight is 326 g/mol. The molecule has 2 rings (SSSR count). The predicted octanol–water partition coefficient (Wildman–Crippen LogP) is 4.83. The van der Waals surface area contributed by atoms with Crippen LogP contribution in [-0.4, -0.2) is 6.54 Å². The van der Waals surface area contributed by atoms with Crippen LogP contribution in [0.25, 0.3) is 11.3 Å². The second-order valence-electron chi connectivity index (χ2n) is 4.56. The lowest BCUT2D eigenvalue weighted by molar-refractivity contribution is 0.445. The number of furan rings is 1. The molecule has 19 heavy (non-hydrogen) atoms. The minimum absolute atomic E-state index is 0.169. The van der Waals surface area contributed by atoms with Crippen LogP contribution in [0.5, 0.6) is 0 Å². The summed E-state index contributed by atoms with van der Waals surface area (Å²) in [5.74, 6) is 1.39. The molecule has 0 amide bonds. The third-order valence-corrected chi connectivity index (χ3v) is 3.70. The van der Waals surface area contributed by atoms with Crippen LogP contribution in [-0.2, 0) is 0 Å². The minimum atomic E-state index is -0.256. The summed E-state index contributed by atoms with van der Waals surface area (Å²) >= 11 is 3.21. The number of halogens is 2. The van der Waals surface area contributed by atoms with Crippen LogP contribution in [0.1, 0.15) is 31.2 Å². The Kier molecular flexibility index (Phi) is 4.42. The first kappa shape index (κ1) is 14.3. The second-order valence-corrected chi connectivity index (χ2v) is 5.42. The molecule has 0 radical (unpaired) electrons. The molecule has 0 aliphatic heterocycles. The molecular formula is C15H17BrFNO. The van der Waals surface area contributed by atoms with Crippen LogP contribution in [0.2, 0.25) is 0 Å². The standard InChI is InChI=1S/C15H17BrFNO/c1-4-18-10(3)14-5-6-15(19-14)11-8-12(16)13(17)7-9(11)2/h5-8,10,18H,4H2,1-3H3. The van der Waals surface area contributed by atoms with Crippen molar-refractivity contribution < 1.29 is 8.81 Å². The first-order valence-corrected chi connectivity index (χ1v) is 7.11. The van der Waals surface area contributed by atoms with Gasteiger partial charge in [0, 0.05) is 5.56 Å². The molecule has 0 bridgehead atoms. The van der Waals surface area contributed by atoms with E-state index in [9.17, 15) is 4.39 Å². The van der Waals surface area contributed by atoms with Crippen molar-refractivity contribution in [1.82, 2.24) is 5.32 Å². The van der Waals surface area contributed by atoms with Crippen LogP contribution in [0.15, 0.2) is 33.2 Å². The highest BCUT2D eigenvalue weighted by Gasteiger charge is 2.13. The Labute approximate surface area is 121 Å². The molecule has 4 heteroatoms. The normalized spacial score (nSPS) is 12.7. The van der Waals surface area contributed by atoms with Crippen molar-refractivity contribution in [3.8, 4) is 11.3 Å². The van der Waals surface area contributed by atoms with Crippen molar-refractivity contribution in [1.29, 1.82) is 0 Å². The molecule has 1 atom stereocenters. The number of nitrogens with one attached hydrogen (secondary N) is 1. The van der Waals surface area contributed by atoms with Gasteiger partial charge in [0.05, 0.1) is 10.5 Å². The van der Waals surface area contributed by atoms with E-state index in [1.54, 1.807) is 6.07 Å². The first-order valence-electron chi connectivity index (χ1n) is 6.32. The van der Waals surface area contributed by atoms with Gasteiger partial charge in [-0.2, -0.15) is 0 Å². The summed E-state index contributed by atoms with van der Waals surface area (Å²) in [5.41, 5.74) is 1.76. The zero-order valence-corrected chi connectivity index (χ0v) is 12.8. The number of hydrogen-bond acceptors (Lipinski definition) is 2. The maximum atomic E-state index is 13.4. The van der Waals surface area contributed by atoms with Crippen LogP contribution in [0, 0.1) is 12.7 Å². The molecule has 1 aromatic carbocycles. The lowest BCUT2D eigenvalue weighted by atomic mass is 10.1. The molecule has 2 nitrogen and oxygen atoms in total. The monoisotopic (exact) mass is 325 g/mol. The lowest BCUT2D eigenvalue weighted by Crippen LogP contribution is -2.16. The zero-order chi connectivity index (χ0) is 14.0. The highest BCUT2D eigenvalue weighted by atomic mass is 79.9. The van der Waals surface area contributed by atoms with E-state index in [1.165, 1.54) is 6.07 Å². The summed E-state index contributed by atoms with van der Waals surface area (Å²) in [6.07, 6.45) is 0. The Bertz CT molecular complexity index is 580. The summed E-state index contributed by atoms with van der Waals surface area (Å²) in [7, 11) is 0. The van der Waals surface area contributed by atoms with E-state index in [0.29, 0.717) is 4.47 Å². The minimum Gasteiger partial charge on any atom is -0.459 e. The van der Waals surface area contributed by atoms with Gasteiger partial charge >= 0.3 is 0 Å². The summed E-state index contributed by atoms with van der Waals surface area (Å²) in [6.45, 7) is 6.88. The molecule has 102 valence electrons. The van der Waals surface area contributed by atoms with Gasteiger partial charge in [0.1, 0.15) is 17.3 Å². The fraction of sp³-hybridized carbons (Fsp3) is 0.333.